The zero-order valence-electron chi connectivity index (χ0n) is 10.5. The van der Waals surface area contributed by atoms with Crippen molar-refractivity contribution < 1.29 is 0 Å². The molecule has 5 heteroatoms. The van der Waals surface area contributed by atoms with E-state index in [-0.39, 0.29) is 11.6 Å². The van der Waals surface area contributed by atoms with Crippen LogP contribution in [0.1, 0.15) is 44.4 Å². The number of aliphatic imine (C=N–C) groups is 1. The van der Waals surface area contributed by atoms with Crippen LogP contribution in [0.3, 0.4) is 0 Å². The fraction of sp³-hybridized carbons (Fsp3) is 0.636. The summed E-state index contributed by atoms with van der Waals surface area (Å²) in [6.07, 6.45) is 0. The third-order valence-corrected chi connectivity index (χ3v) is 2.96. The molecule has 1 heterocycles. The van der Waals surface area contributed by atoms with Gasteiger partial charge in [0.2, 0.25) is 0 Å². The van der Waals surface area contributed by atoms with E-state index in [2.05, 4.69) is 15.3 Å². The van der Waals surface area contributed by atoms with Gasteiger partial charge in [-0.25, -0.2) is 9.98 Å². The first-order chi connectivity index (χ1) is 7.28. The second-order valence-electron chi connectivity index (χ2n) is 4.89. The standard InChI is InChI=1S/C11H20N4S/c1-7-6-16-9(13-7)8(2)14-10(12)15-11(3,4)5/h6,8H,1-5H3,(H3,12,14,15). The van der Waals surface area contributed by atoms with Crippen LogP contribution in [0.5, 0.6) is 0 Å². The molecule has 3 N–H and O–H groups in total. The van der Waals surface area contributed by atoms with E-state index in [1.165, 1.54) is 0 Å². The topological polar surface area (TPSA) is 63.3 Å². The molecule has 0 aliphatic carbocycles. The normalized spacial score (nSPS) is 14.9. The molecule has 0 aromatic carbocycles. The third-order valence-electron chi connectivity index (χ3n) is 1.83. The molecule has 0 fully saturated rings. The van der Waals surface area contributed by atoms with Crippen molar-refractivity contribution in [2.75, 3.05) is 0 Å². The quantitative estimate of drug-likeness (QED) is 0.615. The molecule has 90 valence electrons. The summed E-state index contributed by atoms with van der Waals surface area (Å²) in [6.45, 7) is 10.1. The molecule has 4 nitrogen and oxygen atoms in total. The molecule has 1 rings (SSSR count). The van der Waals surface area contributed by atoms with Crippen LogP contribution in [0.25, 0.3) is 0 Å². The molecule has 0 saturated carbocycles. The molecule has 0 radical (unpaired) electrons. The van der Waals surface area contributed by atoms with Gasteiger partial charge in [0.1, 0.15) is 11.0 Å². The summed E-state index contributed by atoms with van der Waals surface area (Å²) in [4.78, 5) is 8.77. The van der Waals surface area contributed by atoms with E-state index in [1.54, 1.807) is 11.3 Å². The number of nitrogens with one attached hydrogen (secondary N) is 1. The number of rotatable bonds is 2. The summed E-state index contributed by atoms with van der Waals surface area (Å²) in [6, 6.07) is 0.00792. The first-order valence-electron chi connectivity index (χ1n) is 5.31. The number of nitrogens with two attached hydrogens (primary N) is 1. The molecule has 1 unspecified atom stereocenters. The van der Waals surface area contributed by atoms with E-state index in [0.717, 1.165) is 10.7 Å². The van der Waals surface area contributed by atoms with Gasteiger partial charge in [-0.15, -0.1) is 11.3 Å². The average molecular weight is 240 g/mol. The van der Waals surface area contributed by atoms with Crippen LogP contribution in [0.2, 0.25) is 0 Å². The zero-order valence-corrected chi connectivity index (χ0v) is 11.4. The summed E-state index contributed by atoms with van der Waals surface area (Å²) in [5.41, 5.74) is 6.79. The number of aryl methyl sites for hydroxylation is 1. The predicted molar refractivity (Wildman–Crippen MR) is 69.8 cm³/mol. The van der Waals surface area contributed by atoms with E-state index in [4.69, 9.17) is 5.73 Å². The number of thiazole rings is 1. The van der Waals surface area contributed by atoms with E-state index >= 15 is 0 Å². The van der Waals surface area contributed by atoms with Gasteiger partial charge < -0.3 is 11.1 Å². The summed E-state index contributed by atoms with van der Waals surface area (Å²) in [5.74, 6) is 0.466. The molecule has 1 aromatic heterocycles. The highest BCUT2D eigenvalue weighted by atomic mass is 32.1. The Kier molecular flexibility index (Phi) is 3.91. The maximum atomic E-state index is 5.82. The Morgan fingerprint density at radius 1 is 1.56 bits per heavy atom. The molecule has 0 aliphatic heterocycles. The Bertz CT molecular complexity index is 376. The highest BCUT2D eigenvalue weighted by Gasteiger charge is 2.12. The SMILES string of the molecule is Cc1csc(C(C)N=C(N)NC(C)(C)C)n1. The van der Waals surface area contributed by atoms with Crippen LogP contribution in [0, 0.1) is 6.92 Å². The van der Waals surface area contributed by atoms with Gasteiger partial charge in [-0.1, -0.05) is 0 Å². The van der Waals surface area contributed by atoms with Crippen molar-refractivity contribution in [1.82, 2.24) is 10.3 Å². The second kappa shape index (κ2) is 4.82. The minimum atomic E-state index is -0.0634. The minimum absolute atomic E-state index is 0.00792. The van der Waals surface area contributed by atoms with Crippen molar-refractivity contribution in [3.63, 3.8) is 0 Å². The monoisotopic (exact) mass is 240 g/mol. The van der Waals surface area contributed by atoms with Crippen LogP contribution in [0.4, 0.5) is 0 Å². The number of aromatic nitrogens is 1. The Morgan fingerprint density at radius 3 is 2.62 bits per heavy atom. The largest absolute Gasteiger partial charge is 0.370 e. The average Bonchev–Trinajstić information content (AvgIpc) is 2.47. The summed E-state index contributed by atoms with van der Waals surface area (Å²) < 4.78 is 0. The van der Waals surface area contributed by atoms with Crippen LogP contribution < -0.4 is 11.1 Å². The van der Waals surface area contributed by atoms with Crippen LogP contribution in [-0.2, 0) is 0 Å². The van der Waals surface area contributed by atoms with Gasteiger partial charge in [0.15, 0.2) is 5.96 Å². The van der Waals surface area contributed by atoms with Gasteiger partial charge in [-0.3, -0.25) is 0 Å². The van der Waals surface area contributed by atoms with Crippen LogP contribution in [-0.4, -0.2) is 16.5 Å². The Hall–Kier alpha value is -1.10. The summed E-state index contributed by atoms with van der Waals surface area (Å²) in [7, 11) is 0. The van der Waals surface area contributed by atoms with Gasteiger partial charge in [0.05, 0.1) is 0 Å². The Labute approximate surface area is 101 Å². The van der Waals surface area contributed by atoms with Crippen molar-refractivity contribution in [1.29, 1.82) is 0 Å². The van der Waals surface area contributed by atoms with Crippen LogP contribution in [0.15, 0.2) is 10.4 Å². The summed E-state index contributed by atoms with van der Waals surface area (Å²) in [5, 5.41) is 6.15. The molecule has 0 saturated heterocycles. The Balaban J connectivity index is 2.69. The molecular weight excluding hydrogens is 220 g/mol. The Morgan fingerprint density at radius 2 is 2.19 bits per heavy atom. The lowest BCUT2D eigenvalue weighted by Crippen LogP contribution is -2.45. The third kappa shape index (κ3) is 4.18. The van der Waals surface area contributed by atoms with Gasteiger partial charge in [-0.05, 0) is 34.6 Å². The molecule has 0 spiro atoms. The van der Waals surface area contributed by atoms with E-state index in [9.17, 15) is 0 Å². The van der Waals surface area contributed by atoms with Crippen molar-refractivity contribution in [2.45, 2.75) is 46.2 Å². The fourth-order valence-electron chi connectivity index (χ4n) is 1.24. The molecule has 1 aromatic rings. The number of hydrogen-bond donors (Lipinski definition) is 2. The van der Waals surface area contributed by atoms with Crippen molar-refractivity contribution in [2.24, 2.45) is 10.7 Å². The minimum Gasteiger partial charge on any atom is -0.370 e. The van der Waals surface area contributed by atoms with Gasteiger partial charge in [0.25, 0.3) is 0 Å². The highest BCUT2D eigenvalue weighted by Crippen LogP contribution is 2.20. The van der Waals surface area contributed by atoms with Gasteiger partial charge in [-0.2, -0.15) is 0 Å². The molecular formula is C11H20N4S. The zero-order chi connectivity index (χ0) is 12.3. The van der Waals surface area contributed by atoms with E-state index in [0.29, 0.717) is 5.96 Å². The molecule has 0 bridgehead atoms. The lowest BCUT2D eigenvalue weighted by atomic mass is 10.1. The van der Waals surface area contributed by atoms with Gasteiger partial charge in [0, 0.05) is 16.6 Å². The molecule has 1 atom stereocenters. The molecule has 0 amide bonds. The maximum absolute atomic E-state index is 5.82. The summed E-state index contributed by atoms with van der Waals surface area (Å²) >= 11 is 1.62. The number of nitrogens with zero attached hydrogens (tertiary/aromatic N) is 2. The van der Waals surface area contributed by atoms with Crippen molar-refractivity contribution >= 4 is 17.3 Å². The fourth-order valence-corrected chi connectivity index (χ4v) is 2.03. The van der Waals surface area contributed by atoms with E-state index in [1.807, 2.05) is 40.0 Å². The number of hydrogen-bond acceptors (Lipinski definition) is 3. The van der Waals surface area contributed by atoms with Crippen LogP contribution >= 0.6 is 11.3 Å². The molecule has 0 aliphatic rings. The lowest BCUT2D eigenvalue weighted by molar-refractivity contribution is 0.506. The molecule has 16 heavy (non-hydrogen) atoms. The smallest absolute Gasteiger partial charge is 0.189 e. The van der Waals surface area contributed by atoms with E-state index < -0.39 is 0 Å². The van der Waals surface area contributed by atoms with Gasteiger partial charge >= 0.3 is 0 Å². The predicted octanol–water partition coefficient (Wildman–Crippen LogP) is 2.22. The lowest BCUT2D eigenvalue weighted by Gasteiger charge is -2.21. The van der Waals surface area contributed by atoms with Crippen molar-refractivity contribution in [3.8, 4) is 0 Å². The first kappa shape index (κ1) is 13.0. The highest BCUT2D eigenvalue weighted by molar-refractivity contribution is 7.09. The second-order valence-corrected chi connectivity index (χ2v) is 5.78. The van der Waals surface area contributed by atoms with Crippen molar-refractivity contribution in [3.05, 3.63) is 16.1 Å². The maximum Gasteiger partial charge on any atom is 0.189 e. The number of guanidine groups is 1. The first-order valence-corrected chi connectivity index (χ1v) is 6.19.